The van der Waals surface area contributed by atoms with E-state index in [1.54, 1.807) is 0 Å². The molecule has 3 rings (SSSR count). The monoisotopic (exact) mass is 273 g/mol. The van der Waals surface area contributed by atoms with Crippen molar-refractivity contribution in [2.75, 3.05) is 31.5 Å². The van der Waals surface area contributed by atoms with Crippen molar-refractivity contribution in [1.82, 2.24) is 10.2 Å². The highest BCUT2D eigenvalue weighted by atomic mass is 16.1. The first-order valence-electron chi connectivity index (χ1n) is 7.63. The second-order valence-electron chi connectivity index (χ2n) is 5.85. The maximum Gasteiger partial charge on any atom is 0.251 e. The van der Waals surface area contributed by atoms with Crippen molar-refractivity contribution in [3.05, 3.63) is 29.3 Å². The average Bonchev–Trinajstić information content (AvgIpc) is 3.13. The molecule has 20 heavy (non-hydrogen) atoms. The lowest BCUT2D eigenvalue weighted by molar-refractivity contribution is 0.0940. The van der Waals surface area contributed by atoms with Gasteiger partial charge < -0.3 is 10.6 Å². The normalized spacial score (nSPS) is 19.4. The van der Waals surface area contributed by atoms with E-state index in [1.807, 2.05) is 18.2 Å². The molecule has 1 unspecified atom stereocenters. The highest BCUT2D eigenvalue weighted by Crippen LogP contribution is 2.22. The van der Waals surface area contributed by atoms with Crippen LogP contribution in [0.1, 0.15) is 35.7 Å². The standard InChI is InChI=1S/C16H23N3O/c1-12(19-8-2-3-9-19)11-18-16(20)14-4-5-15-13(10-14)6-7-17-15/h4-5,10,12,17H,2-3,6-9,11H2,1H3,(H,18,20). The van der Waals surface area contributed by atoms with E-state index in [1.165, 1.54) is 37.2 Å². The molecule has 1 amide bonds. The van der Waals surface area contributed by atoms with Gasteiger partial charge in [-0.1, -0.05) is 0 Å². The van der Waals surface area contributed by atoms with Gasteiger partial charge in [0.25, 0.3) is 5.91 Å². The molecule has 1 fully saturated rings. The molecule has 1 saturated heterocycles. The smallest absolute Gasteiger partial charge is 0.251 e. The molecule has 1 aromatic carbocycles. The molecule has 2 heterocycles. The zero-order valence-electron chi connectivity index (χ0n) is 12.1. The minimum Gasteiger partial charge on any atom is -0.384 e. The summed E-state index contributed by atoms with van der Waals surface area (Å²) in [7, 11) is 0. The zero-order chi connectivity index (χ0) is 13.9. The Balaban J connectivity index is 1.56. The van der Waals surface area contributed by atoms with Crippen molar-refractivity contribution in [2.24, 2.45) is 0 Å². The van der Waals surface area contributed by atoms with Crippen molar-refractivity contribution in [3.8, 4) is 0 Å². The minimum absolute atomic E-state index is 0.0470. The summed E-state index contributed by atoms with van der Waals surface area (Å²) in [6, 6.07) is 6.37. The maximum absolute atomic E-state index is 12.2. The fourth-order valence-electron chi connectivity index (χ4n) is 3.10. The van der Waals surface area contributed by atoms with Gasteiger partial charge in [0.2, 0.25) is 0 Å². The molecule has 2 aliphatic rings. The van der Waals surface area contributed by atoms with E-state index < -0.39 is 0 Å². The summed E-state index contributed by atoms with van der Waals surface area (Å²) in [6.07, 6.45) is 3.59. The van der Waals surface area contributed by atoms with E-state index >= 15 is 0 Å². The molecule has 0 spiro atoms. The molecule has 108 valence electrons. The first-order chi connectivity index (χ1) is 9.74. The fraction of sp³-hybridized carbons (Fsp3) is 0.562. The lowest BCUT2D eigenvalue weighted by atomic mass is 10.1. The quantitative estimate of drug-likeness (QED) is 0.880. The van der Waals surface area contributed by atoms with Crippen molar-refractivity contribution >= 4 is 11.6 Å². The van der Waals surface area contributed by atoms with Gasteiger partial charge in [-0.3, -0.25) is 9.69 Å². The summed E-state index contributed by atoms with van der Waals surface area (Å²) in [6.45, 7) is 6.24. The molecule has 0 radical (unpaired) electrons. The molecule has 0 saturated carbocycles. The van der Waals surface area contributed by atoms with Crippen molar-refractivity contribution < 1.29 is 4.79 Å². The van der Waals surface area contributed by atoms with E-state index in [-0.39, 0.29) is 5.91 Å². The van der Waals surface area contributed by atoms with Crippen molar-refractivity contribution in [1.29, 1.82) is 0 Å². The molecular weight excluding hydrogens is 250 g/mol. The topological polar surface area (TPSA) is 44.4 Å². The van der Waals surface area contributed by atoms with Crippen LogP contribution in [0.3, 0.4) is 0 Å². The number of rotatable bonds is 4. The Kier molecular flexibility index (Phi) is 3.92. The van der Waals surface area contributed by atoms with Crippen LogP contribution in [0.25, 0.3) is 0 Å². The van der Waals surface area contributed by atoms with Gasteiger partial charge in [-0.25, -0.2) is 0 Å². The molecular formula is C16H23N3O. The lowest BCUT2D eigenvalue weighted by Gasteiger charge is -2.23. The fourth-order valence-corrected chi connectivity index (χ4v) is 3.10. The van der Waals surface area contributed by atoms with Crippen LogP contribution in [0.15, 0.2) is 18.2 Å². The highest BCUT2D eigenvalue weighted by molar-refractivity contribution is 5.95. The number of carbonyl (C=O) groups excluding carboxylic acids is 1. The van der Waals surface area contributed by atoms with Crippen LogP contribution in [-0.2, 0) is 6.42 Å². The van der Waals surface area contributed by atoms with E-state index in [4.69, 9.17) is 0 Å². The minimum atomic E-state index is 0.0470. The number of carbonyl (C=O) groups is 1. The number of likely N-dealkylation sites (tertiary alicyclic amines) is 1. The second-order valence-corrected chi connectivity index (χ2v) is 5.85. The van der Waals surface area contributed by atoms with E-state index in [0.29, 0.717) is 6.04 Å². The van der Waals surface area contributed by atoms with Crippen molar-refractivity contribution in [3.63, 3.8) is 0 Å². The molecule has 4 heteroatoms. The molecule has 4 nitrogen and oxygen atoms in total. The number of hydrogen-bond donors (Lipinski definition) is 2. The number of anilines is 1. The molecule has 1 aromatic rings. The van der Waals surface area contributed by atoms with Crippen LogP contribution in [0.4, 0.5) is 5.69 Å². The zero-order valence-corrected chi connectivity index (χ0v) is 12.1. The summed E-state index contributed by atoms with van der Waals surface area (Å²) < 4.78 is 0. The van der Waals surface area contributed by atoms with Crippen LogP contribution in [-0.4, -0.2) is 43.0 Å². The highest BCUT2D eigenvalue weighted by Gasteiger charge is 2.19. The van der Waals surface area contributed by atoms with E-state index in [2.05, 4.69) is 22.5 Å². The predicted octanol–water partition coefficient (Wildman–Crippen LogP) is 1.87. The summed E-state index contributed by atoms with van der Waals surface area (Å²) in [5.74, 6) is 0.0470. The number of nitrogens with one attached hydrogen (secondary N) is 2. The number of hydrogen-bond acceptors (Lipinski definition) is 3. The maximum atomic E-state index is 12.2. The molecule has 2 aliphatic heterocycles. The van der Waals surface area contributed by atoms with Gasteiger partial charge in [-0.15, -0.1) is 0 Å². The van der Waals surface area contributed by atoms with E-state index in [0.717, 1.165) is 25.1 Å². The van der Waals surface area contributed by atoms with Gasteiger partial charge in [0.15, 0.2) is 0 Å². The molecule has 1 atom stereocenters. The molecule has 0 aliphatic carbocycles. The van der Waals surface area contributed by atoms with Gasteiger partial charge >= 0.3 is 0 Å². The Morgan fingerprint density at radius 3 is 3.00 bits per heavy atom. The number of fused-ring (bicyclic) bond motifs is 1. The number of amides is 1. The van der Waals surface area contributed by atoms with Crippen LogP contribution in [0.2, 0.25) is 0 Å². The summed E-state index contributed by atoms with van der Waals surface area (Å²) >= 11 is 0. The third-order valence-electron chi connectivity index (χ3n) is 4.40. The van der Waals surface area contributed by atoms with Gasteiger partial charge in [0.1, 0.15) is 0 Å². The van der Waals surface area contributed by atoms with Crippen LogP contribution >= 0.6 is 0 Å². The second kappa shape index (κ2) is 5.83. The van der Waals surface area contributed by atoms with Gasteiger partial charge in [0.05, 0.1) is 0 Å². The number of benzene rings is 1. The first-order valence-corrected chi connectivity index (χ1v) is 7.63. The average molecular weight is 273 g/mol. The molecule has 2 N–H and O–H groups in total. The predicted molar refractivity (Wildman–Crippen MR) is 81.2 cm³/mol. The third kappa shape index (κ3) is 2.80. The van der Waals surface area contributed by atoms with E-state index in [9.17, 15) is 4.79 Å². The Bertz CT molecular complexity index is 494. The number of nitrogens with zero attached hydrogens (tertiary/aromatic N) is 1. The summed E-state index contributed by atoms with van der Waals surface area (Å²) in [5, 5.41) is 6.38. The van der Waals surface area contributed by atoms with Crippen LogP contribution < -0.4 is 10.6 Å². The van der Waals surface area contributed by atoms with Gasteiger partial charge in [0, 0.05) is 30.4 Å². The van der Waals surface area contributed by atoms with Gasteiger partial charge in [-0.05, 0) is 63.0 Å². The van der Waals surface area contributed by atoms with Crippen LogP contribution in [0.5, 0.6) is 0 Å². The SMILES string of the molecule is CC(CNC(=O)c1ccc2c(c1)CCN2)N1CCCC1. The van der Waals surface area contributed by atoms with Crippen molar-refractivity contribution in [2.45, 2.75) is 32.2 Å². The molecule has 0 bridgehead atoms. The largest absolute Gasteiger partial charge is 0.384 e. The van der Waals surface area contributed by atoms with Gasteiger partial charge in [-0.2, -0.15) is 0 Å². The lowest BCUT2D eigenvalue weighted by Crippen LogP contribution is -2.40. The molecule has 0 aromatic heterocycles. The first kappa shape index (κ1) is 13.4. The Labute approximate surface area is 120 Å². The Morgan fingerprint density at radius 2 is 2.20 bits per heavy atom. The summed E-state index contributed by atoms with van der Waals surface area (Å²) in [4.78, 5) is 14.7. The van der Waals surface area contributed by atoms with Crippen LogP contribution in [0, 0.1) is 0 Å². The summed E-state index contributed by atoms with van der Waals surface area (Å²) in [5.41, 5.74) is 3.21. The Morgan fingerprint density at radius 1 is 1.40 bits per heavy atom. The Hall–Kier alpha value is -1.55. The third-order valence-corrected chi connectivity index (χ3v) is 4.40.